The van der Waals surface area contributed by atoms with E-state index in [-0.39, 0.29) is 11.3 Å². The zero-order valence-corrected chi connectivity index (χ0v) is 16.8. The van der Waals surface area contributed by atoms with E-state index in [0.29, 0.717) is 5.71 Å². The van der Waals surface area contributed by atoms with Gasteiger partial charge in [-0.05, 0) is 34.4 Å². The van der Waals surface area contributed by atoms with Gasteiger partial charge < -0.3 is 9.84 Å². The maximum Gasteiger partial charge on any atom is 0.451 e. The molecule has 3 rings (SSSR count). The predicted octanol–water partition coefficient (Wildman–Crippen LogP) is 2.27. The number of ether oxygens (including phenoxy) is 1. The summed E-state index contributed by atoms with van der Waals surface area (Å²) in [5, 5.41) is 17.2. The average molecular weight is 390 g/mol. The molecule has 0 saturated heterocycles. The molecule has 2 aromatic carbocycles. The minimum Gasteiger partial charge on any atom is -0.874 e. The molecular weight excluding hydrogens is 368 g/mol. The van der Waals surface area contributed by atoms with Crippen molar-refractivity contribution in [3.05, 3.63) is 83.1 Å². The number of allylic oxidation sites excluding steroid dienone is 1. The summed E-state index contributed by atoms with van der Waals surface area (Å²) in [6.07, 6.45) is 0. The molecule has 0 saturated carbocycles. The van der Waals surface area contributed by atoms with Gasteiger partial charge in [-0.15, -0.1) is 5.76 Å². The highest BCUT2D eigenvalue weighted by atomic mass is 16.5. The number of hydrogen-bond donors (Lipinski definition) is 0. The molecule has 0 aromatic heterocycles. The van der Waals surface area contributed by atoms with Gasteiger partial charge in [-0.3, -0.25) is 0 Å². The van der Waals surface area contributed by atoms with E-state index in [9.17, 15) is 14.7 Å². The molecule has 0 fully saturated rings. The summed E-state index contributed by atoms with van der Waals surface area (Å²) in [6, 6.07) is 18.5. The topological polar surface area (TPSA) is 81.8 Å². The molecule has 1 heterocycles. The van der Waals surface area contributed by atoms with Gasteiger partial charge in [0.05, 0.1) is 7.11 Å². The molecule has 148 valence electrons. The van der Waals surface area contributed by atoms with Crippen LogP contribution in [-0.4, -0.2) is 35.1 Å². The van der Waals surface area contributed by atoms with Crippen LogP contribution < -0.4 is 5.11 Å². The van der Waals surface area contributed by atoms with Gasteiger partial charge in [0.15, 0.2) is 0 Å². The number of hydrogen-bond acceptors (Lipinski definition) is 5. The molecule has 1 aliphatic rings. The van der Waals surface area contributed by atoms with Gasteiger partial charge in [-0.1, -0.05) is 57.2 Å². The lowest BCUT2D eigenvalue weighted by molar-refractivity contribution is -0.443. The van der Waals surface area contributed by atoms with E-state index in [1.807, 2.05) is 60.7 Å². The monoisotopic (exact) mass is 390 g/mol. The first-order valence-corrected chi connectivity index (χ1v) is 9.17. The Morgan fingerprint density at radius 2 is 1.45 bits per heavy atom. The molecule has 1 aliphatic heterocycles. The van der Waals surface area contributed by atoms with E-state index < -0.39 is 23.1 Å². The fourth-order valence-corrected chi connectivity index (χ4v) is 2.98. The Morgan fingerprint density at radius 1 is 0.966 bits per heavy atom. The van der Waals surface area contributed by atoms with Crippen molar-refractivity contribution in [3.63, 3.8) is 0 Å². The fourth-order valence-electron chi connectivity index (χ4n) is 2.98. The van der Waals surface area contributed by atoms with Crippen molar-refractivity contribution in [1.29, 1.82) is 0 Å². The van der Waals surface area contributed by atoms with Gasteiger partial charge in [-0.2, -0.15) is 0 Å². The van der Waals surface area contributed by atoms with Crippen LogP contribution in [0, 0.1) is 5.41 Å². The first-order chi connectivity index (χ1) is 13.8. The largest absolute Gasteiger partial charge is 0.874 e. The lowest BCUT2D eigenvalue weighted by atomic mass is 9.89. The minimum atomic E-state index is -0.866. The van der Waals surface area contributed by atoms with Crippen LogP contribution in [0.4, 0.5) is 0 Å². The number of benzene rings is 2. The molecule has 2 aromatic rings. The standard InChI is InChI=1S/C23H22N2O4/c1-23(2,3)20(26)17-18(22(28)29-4)24-25(21(17)27)19(15-11-7-5-8-12-15)16-13-9-6-10-14-16/h5-14H,1-4H3. The third kappa shape index (κ3) is 3.87. The Kier molecular flexibility index (Phi) is 5.46. The molecule has 1 amide bonds. The van der Waals surface area contributed by atoms with Gasteiger partial charge >= 0.3 is 11.9 Å². The van der Waals surface area contributed by atoms with Crippen molar-refractivity contribution in [1.82, 2.24) is 0 Å². The Hall–Kier alpha value is -3.54. The molecule has 0 N–H and O–H groups in total. The Bertz CT molecular complexity index is 1000. The summed E-state index contributed by atoms with van der Waals surface area (Å²) in [7, 11) is 1.19. The Labute approximate surface area is 169 Å². The first kappa shape index (κ1) is 20.2. The van der Waals surface area contributed by atoms with Crippen LogP contribution in [0.3, 0.4) is 0 Å². The second kappa shape index (κ2) is 7.83. The van der Waals surface area contributed by atoms with Crippen LogP contribution >= 0.6 is 0 Å². The van der Waals surface area contributed by atoms with Crippen molar-refractivity contribution in [2.75, 3.05) is 7.11 Å². The number of carbonyl (C=O) groups is 2. The van der Waals surface area contributed by atoms with Gasteiger partial charge in [0.2, 0.25) is 5.71 Å². The summed E-state index contributed by atoms with van der Waals surface area (Å²) in [5.74, 6) is -1.93. The van der Waals surface area contributed by atoms with Crippen LogP contribution in [0.5, 0.6) is 0 Å². The average Bonchev–Trinajstić information content (AvgIpc) is 3.05. The third-order valence-electron chi connectivity index (χ3n) is 4.44. The van der Waals surface area contributed by atoms with E-state index in [1.54, 1.807) is 20.8 Å². The number of carbonyl (C=O) groups excluding carboxylic acids is 2. The van der Waals surface area contributed by atoms with Crippen LogP contribution in [0.1, 0.15) is 31.9 Å². The quantitative estimate of drug-likeness (QED) is 0.348. The zero-order valence-electron chi connectivity index (χ0n) is 16.8. The third-order valence-corrected chi connectivity index (χ3v) is 4.44. The van der Waals surface area contributed by atoms with Crippen molar-refractivity contribution in [2.24, 2.45) is 10.5 Å². The highest BCUT2D eigenvalue weighted by Gasteiger charge is 2.45. The van der Waals surface area contributed by atoms with Crippen LogP contribution in [0.2, 0.25) is 0 Å². The number of amides is 1. The zero-order chi connectivity index (χ0) is 21.2. The maximum absolute atomic E-state index is 13.3. The first-order valence-electron chi connectivity index (χ1n) is 9.17. The summed E-state index contributed by atoms with van der Waals surface area (Å²) in [4.78, 5) is 25.7. The second-order valence-corrected chi connectivity index (χ2v) is 7.59. The van der Waals surface area contributed by atoms with Gasteiger partial charge in [-0.25, -0.2) is 9.59 Å². The molecule has 0 bridgehead atoms. The molecule has 6 nitrogen and oxygen atoms in total. The van der Waals surface area contributed by atoms with E-state index in [4.69, 9.17) is 4.74 Å². The summed E-state index contributed by atoms with van der Waals surface area (Å²) in [5.41, 5.74) is 0.536. The minimum absolute atomic E-state index is 0.256. The van der Waals surface area contributed by atoms with Crippen LogP contribution in [-0.2, 0) is 14.3 Å². The molecule has 0 atom stereocenters. The van der Waals surface area contributed by atoms with Gasteiger partial charge in [0.1, 0.15) is 5.57 Å². The Balaban J connectivity index is 2.36. The van der Waals surface area contributed by atoms with Crippen molar-refractivity contribution >= 4 is 23.3 Å². The number of nitrogens with zero attached hydrogens (tertiary/aromatic N) is 2. The molecule has 0 unspecified atom stereocenters. The number of methoxy groups -OCH3 is 1. The van der Waals surface area contributed by atoms with Crippen LogP contribution in [0.15, 0.2) is 77.1 Å². The molecule has 6 heteroatoms. The second-order valence-electron chi connectivity index (χ2n) is 7.59. The normalized spacial score (nSPS) is 15.8. The van der Waals surface area contributed by atoms with Crippen molar-refractivity contribution < 1.29 is 24.1 Å². The molecule has 0 radical (unpaired) electrons. The van der Waals surface area contributed by atoms with E-state index in [0.717, 1.165) is 15.8 Å². The smallest absolute Gasteiger partial charge is 0.451 e. The lowest BCUT2D eigenvalue weighted by Crippen LogP contribution is -2.31. The van der Waals surface area contributed by atoms with Crippen molar-refractivity contribution in [3.8, 4) is 0 Å². The molecular formula is C23H22N2O4. The number of hydrazone groups is 1. The maximum atomic E-state index is 13.3. The predicted molar refractivity (Wildman–Crippen MR) is 107 cm³/mol. The SMILES string of the molecule is COC(=O)C1=N[N+](=C(c2ccccc2)c2ccccc2)C(=O)/C1=C(\[O-])C(C)(C)C. The van der Waals surface area contributed by atoms with Gasteiger partial charge in [0, 0.05) is 16.2 Å². The highest BCUT2D eigenvalue weighted by Crippen LogP contribution is 2.28. The molecule has 0 aliphatic carbocycles. The number of esters is 1. The highest BCUT2D eigenvalue weighted by molar-refractivity contribution is 6.50. The number of rotatable bonds is 3. The summed E-state index contributed by atoms with van der Waals surface area (Å²) >= 11 is 0. The van der Waals surface area contributed by atoms with E-state index in [2.05, 4.69) is 5.10 Å². The Morgan fingerprint density at radius 3 is 1.86 bits per heavy atom. The van der Waals surface area contributed by atoms with Crippen LogP contribution in [0.25, 0.3) is 0 Å². The van der Waals surface area contributed by atoms with E-state index >= 15 is 0 Å². The summed E-state index contributed by atoms with van der Waals surface area (Å²) < 4.78 is 5.91. The lowest BCUT2D eigenvalue weighted by Gasteiger charge is -2.28. The summed E-state index contributed by atoms with van der Waals surface area (Å²) in [6.45, 7) is 5.06. The fraction of sp³-hybridized carbons (Fsp3) is 0.217. The van der Waals surface area contributed by atoms with Gasteiger partial charge in [0.25, 0.3) is 5.71 Å². The van der Waals surface area contributed by atoms with E-state index in [1.165, 1.54) is 7.11 Å². The molecule has 0 spiro atoms. The molecule has 29 heavy (non-hydrogen) atoms. The van der Waals surface area contributed by atoms with Crippen molar-refractivity contribution in [2.45, 2.75) is 20.8 Å².